The van der Waals surface area contributed by atoms with Crippen molar-refractivity contribution in [2.75, 3.05) is 37.5 Å². The molecular formula is C25H29Cl2N5O3. The molecule has 1 saturated carbocycles. The molecule has 2 aliphatic rings. The van der Waals surface area contributed by atoms with Crippen LogP contribution in [0, 0.1) is 0 Å². The van der Waals surface area contributed by atoms with Crippen LogP contribution in [0.4, 0.5) is 11.8 Å². The monoisotopic (exact) mass is 517 g/mol. The van der Waals surface area contributed by atoms with E-state index in [2.05, 4.69) is 34.0 Å². The van der Waals surface area contributed by atoms with Crippen LogP contribution in [0.5, 0.6) is 11.5 Å². The number of nitrogens with one attached hydrogen (secondary N) is 2. The third kappa shape index (κ3) is 5.04. The second-order valence-corrected chi connectivity index (χ2v) is 9.20. The van der Waals surface area contributed by atoms with Gasteiger partial charge in [0, 0.05) is 48.6 Å². The molecule has 1 aliphatic heterocycles. The lowest BCUT2D eigenvalue weighted by molar-refractivity contribution is -0.117. The molecule has 1 aliphatic carbocycles. The molecule has 4 rings (SSSR count). The van der Waals surface area contributed by atoms with Gasteiger partial charge in [-0.2, -0.15) is 4.98 Å². The minimum Gasteiger partial charge on any atom is -0.495 e. The minimum atomic E-state index is -0.170. The van der Waals surface area contributed by atoms with Crippen LogP contribution in [0.3, 0.4) is 0 Å². The summed E-state index contributed by atoms with van der Waals surface area (Å²) in [6.45, 7) is 6.88. The Hall–Kier alpha value is -2.97. The lowest BCUT2D eigenvalue weighted by atomic mass is 9.98. The summed E-state index contributed by atoms with van der Waals surface area (Å²) < 4.78 is 10.9. The van der Waals surface area contributed by atoms with Crippen molar-refractivity contribution in [3.8, 4) is 11.5 Å². The first-order valence-corrected chi connectivity index (χ1v) is 12.3. The van der Waals surface area contributed by atoms with E-state index in [9.17, 15) is 4.79 Å². The highest BCUT2D eigenvalue weighted by Crippen LogP contribution is 2.45. The van der Waals surface area contributed by atoms with E-state index in [0.29, 0.717) is 39.6 Å². The van der Waals surface area contributed by atoms with Gasteiger partial charge in [0.15, 0.2) is 0 Å². The number of methoxy groups -OCH3 is 2. The topological polar surface area (TPSA) is 88.6 Å². The molecule has 2 atom stereocenters. The predicted octanol–water partition coefficient (Wildman–Crippen LogP) is 4.82. The van der Waals surface area contributed by atoms with E-state index in [1.165, 1.54) is 6.08 Å². The summed E-state index contributed by atoms with van der Waals surface area (Å²) in [4.78, 5) is 23.3. The van der Waals surface area contributed by atoms with Gasteiger partial charge in [-0.25, -0.2) is 4.98 Å². The summed E-state index contributed by atoms with van der Waals surface area (Å²) in [5.74, 6) is 2.16. The summed E-state index contributed by atoms with van der Waals surface area (Å²) >= 11 is 13.3. The van der Waals surface area contributed by atoms with Gasteiger partial charge in [0.2, 0.25) is 11.9 Å². The van der Waals surface area contributed by atoms with Crippen molar-refractivity contribution < 1.29 is 14.3 Å². The zero-order valence-electron chi connectivity index (χ0n) is 20.0. The van der Waals surface area contributed by atoms with E-state index in [1.807, 2.05) is 6.08 Å². The normalized spacial score (nSPS) is 19.0. The van der Waals surface area contributed by atoms with Crippen LogP contribution in [0.2, 0.25) is 10.0 Å². The number of anilines is 2. The molecule has 1 aromatic carbocycles. The van der Waals surface area contributed by atoms with Gasteiger partial charge in [-0.1, -0.05) is 29.8 Å². The molecule has 2 heterocycles. The number of hydrogen-bond donors (Lipinski definition) is 2. The quantitative estimate of drug-likeness (QED) is 0.485. The number of carbonyl (C=O) groups excluding carboxylic acids is 1. The summed E-state index contributed by atoms with van der Waals surface area (Å²) in [7, 11) is 3.11. The Labute approximate surface area is 215 Å². The van der Waals surface area contributed by atoms with E-state index < -0.39 is 0 Å². The number of nitrogens with zero attached hydrogens (tertiary/aromatic N) is 3. The van der Waals surface area contributed by atoms with Crippen molar-refractivity contribution in [1.29, 1.82) is 0 Å². The number of aromatic nitrogens is 2. The molecule has 0 spiro atoms. The van der Waals surface area contributed by atoms with E-state index in [1.54, 1.807) is 26.5 Å². The number of hydrogen-bond acceptors (Lipinski definition) is 7. The lowest BCUT2D eigenvalue weighted by Crippen LogP contribution is -2.43. The molecule has 8 nitrogen and oxygen atoms in total. The molecule has 10 heteroatoms. The van der Waals surface area contributed by atoms with Crippen LogP contribution in [-0.4, -0.2) is 55.3 Å². The van der Waals surface area contributed by atoms with E-state index in [4.69, 9.17) is 37.7 Å². The average molecular weight is 518 g/mol. The number of amides is 1. The largest absolute Gasteiger partial charge is 0.495 e. The summed E-state index contributed by atoms with van der Waals surface area (Å²) in [5.41, 5.74) is 2.44. The third-order valence-electron chi connectivity index (χ3n) is 6.41. The van der Waals surface area contributed by atoms with Gasteiger partial charge in [0.05, 0.1) is 24.3 Å². The molecular weight excluding hydrogens is 489 g/mol. The van der Waals surface area contributed by atoms with Crippen LogP contribution < -0.4 is 25.0 Å². The number of halogens is 2. The fraction of sp³-hybridized carbons (Fsp3) is 0.400. The third-order valence-corrected chi connectivity index (χ3v) is 7.16. The first kappa shape index (κ1) is 25.1. The maximum Gasteiger partial charge on any atom is 0.243 e. The molecule has 2 N–H and O–H groups in total. The molecule has 0 saturated heterocycles. The molecule has 35 heavy (non-hydrogen) atoms. The van der Waals surface area contributed by atoms with Gasteiger partial charge in [0.25, 0.3) is 0 Å². The van der Waals surface area contributed by atoms with Gasteiger partial charge in [0.1, 0.15) is 17.3 Å². The van der Waals surface area contributed by atoms with Crippen molar-refractivity contribution in [3.05, 3.63) is 46.1 Å². The Morgan fingerprint density at radius 2 is 1.91 bits per heavy atom. The lowest BCUT2D eigenvalue weighted by Gasteiger charge is -2.31. The Bertz CT molecular complexity index is 1140. The molecule has 1 aromatic heterocycles. The Kier molecular flexibility index (Phi) is 7.72. The molecule has 0 bridgehead atoms. The van der Waals surface area contributed by atoms with Gasteiger partial charge >= 0.3 is 0 Å². The van der Waals surface area contributed by atoms with Crippen molar-refractivity contribution in [2.24, 2.45) is 0 Å². The van der Waals surface area contributed by atoms with Crippen LogP contribution >= 0.6 is 23.2 Å². The Morgan fingerprint density at radius 1 is 1.23 bits per heavy atom. The molecule has 1 amide bonds. The van der Waals surface area contributed by atoms with Crippen LogP contribution in [0.25, 0.3) is 11.6 Å². The fourth-order valence-electron chi connectivity index (χ4n) is 4.61. The maximum atomic E-state index is 11.8. The molecule has 186 valence electrons. The van der Waals surface area contributed by atoms with Gasteiger partial charge < -0.3 is 25.0 Å². The second kappa shape index (κ2) is 10.7. The smallest absolute Gasteiger partial charge is 0.243 e. The number of carbonyl (C=O) groups is 1. The molecule has 1 fully saturated rings. The van der Waals surface area contributed by atoms with Crippen LogP contribution in [0.15, 0.2) is 24.9 Å². The molecule has 2 aromatic rings. The van der Waals surface area contributed by atoms with Crippen LogP contribution in [-0.2, 0) is 4.79 Å². The maximum absolute atomic E-state index is 11.8. The van der Waals surface area contributed by atoms with E-state index >= 15 is 0 Å². The zero-order chi connectivity index (χ0) is 25.1. The number of benzene rings is 1. The highest BCUT2D eigenvalue weighted by molar-refractivity contribution is 6.39. The minimum absolute atomic E-state index is 0.0150. The standard InChI is InChI=1S/C25H29Cl2N5O3/c1-5-20(33)29-16-8-7-9-17(16)30-25-28-12-14-10-15(13-32(6-2)24(14)31-25)21-22(26)18(34-3)11-19(35-4)23(21)27/h5,10-12,16-17H,1,6-9,13H2,2-4H3,(H,29,33)(H,28,30,31). The van der Waals surface area contributed by atoms with Crippen LogP contribution in [0.1, 0.15) is 37.3 Å². The van der Waals surface area contributed by atoms with Crippen molar-refractivity contribution in [2.45, 2.75) is 38.3 Å². The van der Waals surface area contributed by atoms with E-state index in [-0.39, 0.29) is 18.0 Å². The second-order valence-electron chi connectivity index (χ2n) is 8.44. The number of likely N-dealkylation sites (N-methyl/N-ethyl adjacent to an activating group) is 1. The Balaban J connectivity index is 1.66. The van der Waals surface area contributed by atoms with E-state index in [0.717, 1.165) is 42.8 Å². The number of fused-ring (bicyclic) bond motifs is 1. The van der Waals surface area contributed by atoms with Gasteiger partial charge in [-0.15, -0.1) is 0 Å². The zero-order valence-corrected chi connectivity index (χ0v) is 21.5. The van der Waals surface area contributed by atoms with Gasteiger partial charge in [-0.3, -0.25) is 4.79 Å². The van der Waals surface area contributed by atoms with Crippen molar-refractivity contribution in [1.82, 2.24) is 15.3 Å². The molecule has 2 unspecified atom stereocenters. The SMILES string of the molecule is C=CC(=O)NC1CCCC1Nc1ncc2c(n1)N(CC)CC(c1c(Cl)c(OC)cc(OC)c1Cl)=C2. The summed E-state index contributed by atoms with van der Waals surface area (Å²) in [5, 5.41) is 7.26. The first-order valence-electron chi connectivity index (χ1n) is 11.5. The number of ether oxygens (including phenoxy) is 2. The van der Waals surface area contributed by atoms with Gasteiger partial charge in [-0.05, 0) is 43.9 Å². The average Bonchev–Trinajstić information content (AvgIpc) is 3.29. The predicted molar refractivity (Wildman–Crippen MR) is 141 cm³/mol. The van der Waals surface area contributed by atoms with Crippen molar-refractivity contribution >= 4 is 52.5 Å². The Morgan fingerprint density at radius 3 is 2.54 bits per heavy atom. The highest BCUT2D eigenvalue weighted by atomic mass is 35.5. The summed E-state index contributed by atoms with van der Waals surface area (Å²) in [6, 6.07) is 1.75. The molecule has 0 radical (unpaired) electrons. The van der Waals surface area contributed by atoms with Crippen molar-refractivity contribution in [3.63, 3.8) is 0 Å². The first-order chi connectivity index (χ1) is 16.9. The number of rotatable bonds is 8. The highest BCUT2D eigenvalue weighted by Gasteiger charge is 2.30. The summed E-state index contributed by atoms with van der Waals surface area (Å²) in [6.07, 6.45) is 7.94. The fourth-order valence-corrected chi connectivity index (χ4v) is 5.36.